The molecule has 8 heteroatoms. The number of sulfonamides is 1. The Morgan fingerprint density at radius 2 is 1.76 bits per heavy atom. The van der Waals surface area contributed by atoms with Crippen LogP contribution in [-0.2, 0) is 10.0 Å². The maximum Gasteiger partial charge on any atom is 0.353 e. The zero-order valence-corrected chi connectivity index (χ0v) is 14.3. The van der Waals surface area contributed by atoms with E-state index in [4.69, 9.17) is 9.88 Å². The number of halogens is 1. The van der Waals surface area contributed by atoms with E-state index in [1.807, 2.05) is 0 Å². The first-order chi connectivity index (χ1) is 11.9. The molecule has 0 aliphatic rings. The fourth-order valence-corrected chi connectivity index (χ4v) is 3.34. The van der Waals surface area contributed by atoms with Crippen LogP contribution in [0.5, 0.6) is 5.75 Å². The molecule has 0 amide bonds. The number of nitrogens with two attached hydrogens (primary N) is 1. The second-order valence-corrected chi connectivity index (χ2v) is 7.56. The van der Waals surface area contributed by atoms with E-state index >= 15 is 0 Å². The summed E-state index contributed by atoms with van der Waals surface area (Å²) < 4.78 is 42.3. The second kappa shape index (κ2) is 6.75. The van der Waals surface area contributed by atoms with Gasteiger partial charge in [-0.3, -0.25) is 0 Å². The average Bonchev–Trinajstić information content (AvgIpc) is 3.09. The Bertz CT molecular complexity index is 1010. The number of rotatable bonds is 4. The van der Waals surface area contributed by atoms with Gasteiger partial charge in [-0.1, -0.05) is 24.3 Å². The molecule has 5 nitrogen and oxygen atoms in total. The predicted molar refractivity (Wildman–Crippen MR) is 92.5 cm³/mol. The van der Waals surface area contributed by atoms with Crippen molar-refractivity contribution in [3.8, 4) is 16.9 Å². The molecule has 3 rings (SSSR count). The largest absolute Gasteiger partial charge is 0.422 e. The van der Waals surface area contributed by atoms with E-state index in [1.54, 1.807) is 17.5 Å². The molecule has 0 unspecified atom stereocenters. The molecule has 1 heterocycles. The van der Waals surface area contributed by atoms with Gasteiger partial charge in [0.25, 0.3) is 0 Å². The van der Waals surface area contributed by atoms with E-state index in [2.05, 4.69) is 0 Å². The van der Waals surface area contributed by atoms with Gasteiger partial charge in [0, 0.05) is 0 Å². The number of benzene rings is 2. The van der Waals surface area contributed by atoms with E-state index in [0.29, 0.717) is 10.4 Å². The van der Waals surface area contributed by atoms with Gasteiger partial charge in [-0.05, 0) is 41.3 Å². The van der Waals surface area contributed by atoms with Crippen molar-refractivity contribution in [2.75, 3.05) is 0 Å². The number of hydrogen-bond donors (Lipinski definition) is 1. The SMILES string of the molecule is NS(=O)(=O)c1ccc(-c2c(F)cccc2OC(=O)c2cccs2)cc1. The van der Waals surface area contributed by atoms with Gasteiger partial charge >= 0.3 is 5.97 Å². The van der Waals surface area contributed by atoms with Crippen molar-refractivity contribution in [3.05, 3.63) is 70.7 Å². The number of primary sulfonamides is 1. The third-order valence-electron chi connectivity index (χ3n) is 3.37. The summed E-state index contributed by atoms with van der Waals surface area (Å²) in [7, 11) is -3.85. The molecule has 25 heavy (non-hydrogen) atoms. The molecule has 0 spiro atoms. The summed E-state index contributed by atoms with van der Waals surface area (Å²) in [5, 5.41) is 6.79. The lowest BCUT2D eigenvalue weighted by atomic mass is 10.0. The molecule has 0 radical (unpaired) electrons. The topological polar surface area (TPSA) is 86.5 Å². The third-order valence-corrected chi connectivity index (χ3v) is 5.15. The number of carbonyl (C=O) groups is 1. The predicted octanol–water partition coefficient (Wildman–Crippen LogP) is 3.42. The first-order valence-corrected chi connectivity index (χ1v) is 9.46. The summed E-state index contributed by atoms with van der Waals surface area (Å²) >= 11 is 1.21. The van der Waals surface area contributed by atoms with Gasteiger partial charge < -0.3 is 4.74 Å². The van der Waals surface area contributed by atoms with Crippen molar-refractivity contribution in [1.29, 1.82) is 0 Å². The van der Waals surface area contributed by atoms with Crippen molar-refractivity contribution in [2.24, 2.45) is 5.14 Å². The number of thiophene rings is 1. The molecule has 2 aromatic carbocycles. The number of esters is 1. The lowest BCUT2D eigenvalue weighted by molar-refractivity contribution is 0.0740. The lowest BCUT2D eigenvalue weighted by Gasteiger charge is -2.11. The van der Waals surface area contributed by atoms with Gasteiger partial charge in [0.2, 0.25) is 10.0 Å². The van der Waals surface area contributed by atoms with Crippen LogP contribution in [0.25, 0.3) is 11.1 Å². The molecule has 0 atom stereocenters. The van der Waals surface area contributed by atoms with E-state index in [1.165, 1.54) is 53.8 Å². The van der Waals surface area contributed by atoms with Crippen molar-refractivity contribution in [3.63, 3.8) is 0 Å². The second-order valence-electron chi connectivity index (χ2n) is 5.05. The lowest BCUT2D eigenvalue weighted by Crippen LogP contribution is -2.11. The quantitative estimate of drug-likeness (QED) is 0.557. The third kappa shape index (κ3) is 3.76. The van der Waals surface area contributed by atoms with Gasteiger partial charge in [-0.2, -0.15) is 0 Å². The van der Waals surface area contributed by atoms with Gasteiger partial charge in [-0.25, -0.2) is 22.7 Å². The minimum absolute atomic E-state index is 0.0433. The zero-order chi connectivity index (χ0) is 18.0. The fourth-order valence-electron chi connectivity index (χ4n) is 2.23. The van der Waals surface area contributed by atoms with E-state index in [0.717, 1.165) is 0 Å². The van der Waals surface area contributed by atoms with Crippen LogP contribution in [0.3, 0.4) is 0 Å². The molecule has 0 aliphatic heterocycles. The van der Waals surface area contributed by atoms with Crippen LogP contribution in [0.1, 0.15) is 9.67 Å². The molecule has 0 fully saturated rings. The van der Waals surface area contributed by atoms with Crippen molar-refractivity contribution >= 4 is 27.3 Å². The molecule has 0 saturated heterocycles. The van der Waals surface area contributed by atoms with Crippen LogP contribution in [0.15, 0.2) is 64.9 Å². The minimum Gasteiger partial charge on any atom is -0.422 e. The molecule has 0 bridgehead atoms. The smallest absolute Gasteiger partial charge is 0.353 e. The van der Waals surface area contributed by atoms with Crippen molar-refractivity contribution in [1.82, 2.24) is 0 Å². The molecule has 2 N–H and O–H groups in total. The van der Waals surface area contributed by atoms with Crippen LogP contribution < -0.4 is 9.88 Å². The van der Waals surface area contributed by atoms with Crippen molar-refractivity contribution < 1.29 is 22.3 Å². The maximum absolute atomic E-state index is 14.3. The van der Waals surface area contributed by atoms with Gasteiger partial charge in [-0.15, -0.1) is 11.3 Å². The average molecular weight is 377 g/mol. The molecule has 0 aliphatic carbocycles. The molecular weight excluding hydrogens is 365 g/mol. The molecule has 0 saturated carbocycles. The normalized spacial score (nSPS) is 11.3. The van der Waals surface area contributed by atoms with E-state index < -0.39 is 21.8 Å². The number of ether oxygens (including phenoxy) is 1. The van der Waals surface area contributed by atoms with E-state index in [9.17, 15) is 17.6 Å². The number of carbonyl (C=O) groups excluding carboxylic acids is 1. The first-order valence-electron chi connectivity index (χ1n) is 7.04. The minimum atomic E-state index is -3.85. The highest BCUT2D eigenvalue weighted by molar-refractivity contribution is 7.89. The summed E-state index contributed by atoms with van der Waals surface area (Å²) in [5.41, 5.74) is 0.424. The highest BCUT2D eigenvalue weighted by Gasteiger charge is 2.17. The zero-order valence-electron chi connectivity index (χ0n) is 12.7. The van der Waals surface area contributed by atoms with Crippen molar-refractivity contribution in [2.45, 2.75) is 4.90 Å². The Kier molecular flexibility index (Phi) is 4.67. The van der Waals surface area contributed by atoms with Crippen LogP contribution in [0.2, 0.25) is 0 Å². The summed E-state index contributed by atoms with van der Waals surface area (Å²) in [6.07, 6.45) is 0. The summed E-state index contributed by atoms with van der Waals surface area (Å²) in [6.45, 7) is 0. The monoisotopic (exact) mass is 377 g/mol. The fraction of sp³-hybridized carbons (Fsp3) is 0. The summed E-state index contributed by atoms with van der Waals surface area (Å²) in [6, 6.07) is 12.8. The van der Waals surface area contributed by atoms with Crippen LogP contribution >= 0.6 is 11.3 Å². The highest BCUT2D eigenvalue weighted by atomic mass is 32.2. The molecule has 3 aromatic rings. The van der Waals surface area contributed by atoms with Crippen LogP contribution in [-0.4, -0.2) is 14.4 Å². The Hall–Kier alpha value is -2.55. The Morgan fingerprint density at radius 1 is 1.04 bits per heavy atom. The maximum atomic E-state index is 14.3. The standard InChI is InChI=1S/C17H12FNO4S2/c18-13-3-1-4-14(23-17(20)15-5-2-10-24-15)16(13)11-6-8-12(9-7-11)25(19,21)22/h1-10H,(H2,19,21,22). The summed E-state index contributed by atoms with van der Waals surface area (Å²) in [5.74, 6) is -1.15. The van der Waals surface area contributed by atoms with E-state index in [-0.39, 0.29) is 16.2 Å². The molecule has 128 valence electrons. The van der Waals surface area contributed by atoms with Gasteiger partial charge in [0.15, 0.2) is 0 Å². The van der Waals surface area contributed by atoms with Gasteiger partial charge in [0.05, 0.1) is 10.5 Å². The first kappa shape index (κ1) is 17.3. The Labute approximate surface area is 147 Å². The van der Waals surface area contributed by atoms with Crippen LogP contribution in [0, 0.1) is 5.82 Å². The Morgan fingerprint density at radius 3 is 2.36 bits per heavy atom. The molecule has 1 aromatic heterocycles. The highest BCUT2D eigenvalue weighted by Crippen LogP contribution is 2.33. The summed E-state index contributed by atoms with van der Waals surface area (Å²) in [4.78, 5) is 12.4. The van der Waals surface area contributed by atoms with Gasteiger partial charge in [0.1, 0.15) is 16.4 Å². The Balaban J connectivity index is 2.00. The number of hydrogen-bond acceptors (Lipinski definition) is 5. The molecular formula is C17H12FNO4S2. The van der Waals surface area contributed by atoms with Crippen LogP contribution in [0.4, 0.5) is 4.39 Å².